The molecule has 2 aromatic carbocycles. The number of nitrogens with zero attached hydrogens (tertiary/aromatic N) is 3. The van der Waals surface area contributed by atoms with Gasteiger partial charge in [0.25, 0.3) is 0 Å². The standard InChI is InChI=1S/C25H33N5.HI/c1-26-25(27-18-22-11-7-13-24(17-22)30-15-5-6-16-30)28-23-12-8-14-29(20-23)19-21-9-3-2-4-10-21;/h2-7,9-11,13,17,23H,8,12,14-16,18-20H2,1H3,(H2,26,27,28);1H. The van der Waals surface area contributed by atoms with Crippen molar-refractivity contribution < 1.29 is 0 Å². The molecule has 2 heterocycles. The monoisotopic (exact) mass is 531 g/mol. The maximum absolute atomic E-state index is 4.46. The summed E-state index contributed by atoms with van der Waals surface area (Å²) in [4.78, 5) is 9.38. The van der Waals surface area contributed by atoms with Crippen molar-refractivity contribution in [2.75, 3.05) is 38.1 Å². The van der Waals surface area contributed by atoms with Gasteiger partial charge < -0.3 is 15.5 Å². The molecule has 2 aromatic rings. The zero-order valence-corrected chi connectivity index (χ0v) is 20.7. The number of piperidine rings is 1. The maximum Gasteiger partial charge on any atom is 0.191 e. The van der Waals surface area contributed by atoms with Crippen molar-refractivity contribution in [3.8, 4) is 0 Å². The average molecular weight is 531 g/mol. The first-order valence-electron chi connectivity index (χ1n) is 11.0. The molecule has 1 atom stereocenters. The molecular weight excluding hydrogens is 497 g/mol. The van der Waals surface area contributed by atoms with Crippen molar-refractivity contribution in [1.82, 2.24) is 15.5 Å². The SMILES string of the molecule is CN=C(NCc1cccc(N2CC=CC2)c1)NC1CCCN(Cc2ccccc2)C1.I. The van der Waals surface area contributed by atoms with Gasteiger partial charge >= 0.3 is 0 Å². The number of hydrogen-bond acceptors (Lipinski definition) is 3. The van der Waals surface area contributed by atoms with E-state index in [1.807, 2.05) is 7.05 Å². The van der Waals surface area contributed by atoms with Crippen LogP contribution in [0.5, 0.6) is 0 Å². The van der Waals surface area contributed by atoms with Gasteiger partial charge in [0.2, 0.25) is 0 Å². The Morgan fingerprint density at radius 3 is 2.58 bits per heavy atom. The second-order valence-corrected chi connectivity index (χ2v) is 8.18. The molecule has 0 amide bonds. The summed E-state index contributed by atoms with van der Waals surface area (Å²) < 4.78 is 0. The molecule has 166 valence electrons. The number of anilines is 1. The van der Waals surface area contributed by atoms with Crippen molar-refractivity contribution in [2.45, 2.75) is 32.0 Å². The third-order valence-corrected chi connectivity index (χ3v) is 5.87. The molecule has 1 fully saturated rings. The molecule has 2 N–H and O–H groups in total. The Morgan fingerprint density at radius 2 is 1.81 bits per heavy atom. The van der Waals surface area contributed by atoms with E-state index in [1.165, 1.54) is 29.7 Å². The molecule has 1 unspecified atom stereocenters. The number of nitrogens with one attached hydrogen (secondary N) is 2. The van der Waals surface area contributed by atoms with Crippen LogP contribution < -0.4 is 15.5 Å². The van der Waals surface area contributed by atoms with E-state index in [9.17, 15) is 0 Å². The highest BCUT2D eigenvalue weighted by Crippen LogP contribution is 2.18. The van der Waals surface area contributed by atoms with Gasteiger partial charge in [-0.05, 0) is 42.6 Å². The zero-order valence-electron chi connectivity index (χ0n) is 18.3. The Hall–Kier alpha value is -2.06. The predicted octanol–water partition coefficient (Wildman–Crippen LogP) is 4.01. The van der Waals surface area contributed by atoms with Gasteiger partial charge in [0.05, 0.1) is 0 Å². The lowest BCUT2D eigenvalue weighted by molar-refractivity contribution is 0.192. The summed E-state index contributed by atoms with van der Waals surface area (Å²) >= 11 is 0. The largest absolute Gasteiger partial charge is 0.364 e. The number of likely N-dealkylation sites (tertiary alicyclic amines) is 1. The fourth-order valence-electron chi connectivity index (χ4n) is 4.28. The van der Waals surface area contributed by atoms with Gasteiger partial charge in [-0.3, -0.25) is 9.89 Å². The van der Waals surface area contributed by atoms with Crippen LogP contribution in [0.2, 0.25) is 0 Å². The van der Waals surface area contributed by atoms with Crippen LogP contribution in [0.4, 0.5) is 5.69 Å². The quantitative estimate of drug-likeness (QED) is 0.256. The van der Waals surface area contributed by atoms with Crippen LogP contribution in [-0.4, -0.2) is 50.1 Å². The second kappa shape index (κ2) is 12.1. The first-order valence-corrected chi connectivity index (χ1v) is 11.0. The third kappa shape index (κ3) is 6.97. The van der Waals surface area contributed by atoms with Crippen LogP contribution in [0, 0.1) is 0 Å². The van der Waals surface area contributed by atoms with Gasteiger partial charge in [0.1, 0.15) is 0 Å². The van der Waals surface area contributed by atoms with Gasteiger partial charge in [0, 0.05) is 51.5 Å². The number of aliphatic imine (C=N–C) groups is 1. The number of halogens is 1. The lowest BCUT2D eigenvalue weighted by Crippen LogP contribution is -2.50. The lowest BCUT2D eigenvalue weighted by atomic mass is 10.0. The van der Waals surface area contributed by atoms with Crippen molar-refractivity contribution in [2.24, 2.45) is 4.99 Å². The molecule has 2 aliphatic rings. The van der Waals surface area contributed by atoms with Gasteiger partial charge in [-0.15, -0.1) is 24.0 Å². The molecule has 4 rings (SSSR count). The van der Waals surface area contributed by atoms with Crippen LogP contribution in [0.25, 0.3) is 0 Å². The van der Waals surface area contributed by atoms with Gasteiger partial charge in [-0.1, -0.05) is 54.6 Å². The minimum Gasteiger partial charge on any atom is -0.364 e. The summed E-state index contributed by atoms with van der Waals surface area (Å²) in [7, 11) is 1.85. The molecule has 0 aromatic heterocycles. The maximum atomic E-state index is 4.46. The minimum atomic E-state index is 0. The van der Waals surface area contributed by atoms with E-state index >= 15 is 0 Å². The molecule has 0 bridgehead atoms. The molecular formula is C25H34IN5. The Kier molecular flexibility index (Phi) is 9.21. The molecule has 1 saturated heterocycles. The molecule has 0 aliphatic carbocycles. The van der Waals surface area contributed by atoms with Crippen molar-refractivity contribution in [3.63, 3.8) is 0 Å². The van der Waals surface area contributed by atoms with Gasteiger partial charge in [-0.25, -0.2) is 0 Å². The van der Waals surface area contributed by atoms with Crippen LogP contribution in [0.15, 0.2) is 71.7 Å². The fourth-order valence-corrected chi connectivity index (χ4v) is 4.28. The fraction of sp³-hybridized carbons (Fsp3) is 0.400. The first kappa shape index (κ1) is 23.6. The molecule has 2 aliphatic heterocycles. The normalized spacial score (nSPS) is 19.2. The van der Waals surface area contributed by atoms with E-state index in [2.05, 4.69) is 92.2 Å². The van der Waals surface area contributed by atoms with Gasteiger partial charge in [-0.2, -0.15) is 0 Å². The van der Waals surface area contributed by atoms with E-state index in [-0.39, 0.29) is 24.0 Å². The highest BCUT2D eigenvalue weighted by Gasteiger charge is 2.20. The van der Waals surface area contributed by atoms with E-state index < -0.39 is 0 Å². The summed E-state index contributed by atoms with van der Waals surface area (Å²) in [5.74, 6) is 0.884. The van der Waals surface area contributed by atoms with Crippen molar-refractivity contribution in [1.29, 1.82) is 0 Å². The summed E-state index contributed by atoms with van der Waals surface area (Å²) in [6.07, 6.45) is 6.85. The molecule has 0 radical (unpaired) electrons. The second-order valence-electron chi connectivity index (χ2n) is 8.18. The van der Waals surface area contributed by atoms with E-state index in [0.29, 0.717) is 6.04 Å². The molecule has 6 heteroatoms. The average Bonchev–Trinajstić information content (AvgIpc) is 3.33. The van der Waals surface area contributed by atoms with E-state index in [1.54, 1.807) is 0 Å². The Labute approximate surface area is 203 Å². The smallest absolute Gasteiger partial charge is 0.191 e. The van der Waals surface area contributed by atoms with E-state index in [4.69, 9.17) is 0 Å². The van der Waals surface area contributed by atoms with Crippen molar-refractivity contribution >= 4 is 35.6 Å². The first-order chi connectivity index (χ1) is 14.8. The van der Waals surface area contributed by atoms with Crippen LogP contribution in [0.1, 0.15) is 24.0 Å². The van der Waals surface area contributed by atoms with Crippen LogP contribution in [0.3, 0.4) is 0 Å². The summed E-state index contributed by atoms with van der Waals surface area (Å²) in [5.41, 5.74) is 3.94. The zero-order chi connectivity index (χ0) is 20.6. The minimum absolute atomic E-state index is 0. The number of rotatable bonds is 6. The Balaban J connectivity index is 0.00000272. The summed E-state index contributed by atoms with van der Waals surface area (Å²) in [6, 6.07) is 20.0. The predicted molar refractivity (Wildman–Crippen MR) is 141 cm³/mol. The molecule has 0 spiro atoms. The van der Waals surface area contributed by atoms with Crippen molar-refractivity contribution in [3.05, 3.63) is 77.9 Å². The highest BCUT2D eigenvalue weighted by atomic mass is 127. The van der Waals surface area contributed by atoms with Gasteiger partial charge in [0.15, 0.2) is 5.96 Å². The van der Waals surface area contributed by atoms with Crippen LogP contribution in [-0.2, 0) is 13.1 Å². The number of guanidine groups is 1. The highest BCUT2D eigenvalue weighted by molar-refractivity contribution is 14.0. The third-order valence-electron chi connectivity index (χ3n) is 5.87. The lowest BCUT2D eigenvalue weighted by Gasteiger charge is -2.34. The van der Waals surface area contributed by atoms with E-state index in [0.717, 1.165) is 45.2 Å². The number of benzene rings is 2. The summed E-state index contributed by atoms with van der Waals surface area (Å²) in [5, 5.41) is 7.14. The number of hydrogen-bond donors (Lipinski definition) is 2. The Morgan fingerprint density at radius 1 is 1.03 bits per heavy atom. The molecule has 5 nitrogen and oxygen atoms in total. The topological polar surface area (TPSA) is 42.9 Å². The van der Waals surface area contributed by atoms with Crippen LogP contribution >= 0.6 is 24.0 Å². The molecule has 31 heavy (non-hydrogen) atoms. The molecule has 0 saturated carbocycles. The Bertz CT molecular complexity index is 859. The summed E-state index contributed by atoms with van der Waals surface area (Å²) in [6.45, 7) is 6.01.